The molecule has 0 fully saturated rings. The van der Waals surface area contributed by atoms with E-state index in [9.17, 15) is 9.59 Å². The van der Waals surface area contributed by atoms with Crippen molar-refractivity contribution in [2.45, 2.75) is 32.3 Å². The lowest BCUT2D eigenvalue weighted by molar-refractivity contribution is -0.133. The van der Waals surface area contributed by atoms with Gasteiger partial charge in [0.1, 0.15) is 6.10 Å². The lowest BCUT2D eigenvalue weighted by Gasteiger charge is -2.27. The first kappa shape index (κ1) is 17.3. The summed E-state index contributed by atoms with van der Waals surface area (Å²) < 4.78 is 5.23. The van der Waals surface area contributed by atoms with Crippen LogP contribution in [0.15, 0.2) is 29.4 Å². The zero-order valence-electron chi connectivity index (χ0n) is 13.2. The molecule has 0 aromatic heterocycles. The molecule has 0 aliphatic carbocycles. The Bertz CT molecular complexity index is 601. The molecule has 2 rings (SSSR count). The van der Waals surface area contributed by atoms with Crippen molar-refractivity contribution in [3.63, 3.8) is 0 Å². The van der Waals surface area contributed by atoms with Crippen LogP contribution in [0.2, 0.25) is 5.02 Å². The molecular formula is C16H20ClN3O3. The summed E-state index contributed by atoms with van der Waals surface area (Å²) in [6.45, 7) is 2.14. The number of hydrogen-bond donors (Lipinski definition) is 1. The van der Waals surface area contributed by atoms with Crippen molar-refractivity contribution in [2.75, 3.05) is 13.6 Å². The Balaban J connectivity index is 2.12. The Morgan fingerprint density at radius 2 is 2.09 bits per heavy atom. The number of hydrogen-bond acceptors (Lipinski definition) is 4. The van der Waals surface area contributed by atoms with Gasteiger partial charge in [-0.05, 0) is 24.1 Å². The normalized spacial score (nSPS) is 15.9. The zero-order chi connectivity index (χ0) is 16.8. The highest BCUT2D eigenvalue weighted by atomic mass is 35.5. The van der Waals surface area contributed by atoms with Crippen LogP contribution in [0.3, 0.4) is 0 Å². The van der Waals surface area contributed by atoms with Gasteiger partial charge in [-0.2, -0.15) is 5.10 Å². The van der Waals surface area contributed by atoms with Gasteiger partial charge < -0.3 is 10.1 Å². The largest absolute Gasteiger partial charge is 0.444 e. The summed E-state index contributed by atoms with van der Waals surface area (Å²) in [6.07, 6.45) is 0.667. The summed E-state index contributed by atoms with van der Waals surface area (Å²) in [6, 6.07) is 7.36. The molecule has 1 heterocycles. The number of amides is 2. The molecule has 0 radical (unpaired) electrons. The lowest BCUT2D eigenvalue weighted by atomic mass is 10.0. The van der Waals surface area contributed by atoms with Crippen molar-refractivity contribution >= 4 is 29.3 Å². The van der Waals surface area contributed by atoms with Gasteiger partial charge in [0, 0.05) is 24.9 Å². The standard InChI is InChI=1S/C16H20ClN3O3/c1-3-13(23-16(22)18-2)10-20-15(21)9-8-14(19-20)11-4-6-12(17)7-5-11/h4-7,13H,3,8-10H2,1-2H3,(H,18,22). The fourth-order valence-electron chi connectivity index (χ4n) is 2.25. The summed E-state index contributed by atoms with van der Waals surface area (Å²) in [5.41, 5.74) is 1.77. The van der Waals surface area contributed by atoms with Crippen LogP contribution in [0.25, 0.3) is 0 Å². The molecule has 124 valence electrons. The third kappa shape index (κ3) is 4.69. The number of benzene rings is 1. The van der Waals surface area contributed by atoms with E-state index in [2.05, 4.69) is 10.4 Å². The third-order valence-corrected chi connectivity index (χ3v) is 3.84. The zero-order valence-corrected chi connectivity index (χ0v) is 14.0. The van der Waals surface area contributed by atoms with Crippen molar-refractivity contribution in [2.24, 2.45) is 5.10 Å². The molecule has 23 heavy (non-hydrogen) atoms. The molecule has 1 N–H and O–H groups in total. The van der Waals surface area contributed by atoms with Crippen molar-refractivity contribution in [1.29, 1.82) is 0 Å². The van der Waals surface area contributed by atoms with Gasteiger partial charge in [0.05, 0.1) is 12.3 Å². The molecule has 1 atom stereocenters. The van der Waals surface area contributed by atoms with Gasteiger partial charge >= 0.3 is 6.09 Å². The predicted octanol–water partition coefficient (Wildman–Crippen LogP) is 2.80. The highest BCUT2D eigenvalue weighted by Gasteiger charge is 2.25. The smallest absolute Gasteiger partial charge is 0.407 e. The maximum absolute atomic E-state index is 12.1. The van der Waals surface area contributed by atoms with E-state index in [1.165, 1.54) is 12.1 Å². The number of nitrogens with zero attached hydrogens (tertiary/aromatic N) is 2. The van der Waals surface area contributed by atoms with E-state index in [-0.39, 0.29) is 12.5 Å². The minimum Gasteiger partial charge on any atom is -0.444 e. The summed E-state index contributed by atoms with van der Waals surface area (Å²) in [4.78, 5) is 23.4. The Hall–Kier alpha value is -2.08. The van der Waals surface area contributed by atoms with E-state index in [0.717, 1.165) is 11.3 Å². The summed E-state index contributed by atoms with van der Waals surface area (Å²) in [5.74, 6) is -0.0679. The van der Waals surface area contributed by atoms with E-state index in [1.807, 2.05) is 19.1 Å². The quantitative estimate of drug-likeness (QED) is 0.898. The van der Waals surface area contributed by atoms with Gasteiger partial charge in [0.25, 0.3) is 0 Å². The molecule has 0 saturated carbocycles. The number of carbonyl (C=O) groups is 2. The second-order valence-corrected chi connectivity index (χ2v) is 5.65. The summed E-state index contributed by atoms with van der Waals surface area (Å²) in [5, 5.41) is 8.88. The molecule has 0 spiro atoms. The Morgan fingerprint density at radius 1 is 1.39 bits per heavy atom. The maximum Gasteiger partial charge on any atom is 0.407 e. The minimum atomic E-state index is -0.511. The highest BCUT2D eigenvalue weighted by molar-refractivity contribution is 6.30. The highest BCUT2D eigenvalue weighted by Crippen LogP contribution is 2.18. The number of carbonyl (C=O) groups excluding carboxylic acids is 2. The van der Waals surface area contributed by atoms with Gasteiger partial charge in [-0.3, -0.25) is 4.79 Å². The van der Waals surface area contributed by atoms with Crippen molar-refractivity contribution in [3.05, 3.63) is 34.9 Å². The topological polar surface area (TPSA) is 71.0 Å². The number of hydrazone groups is 1. The average molecular weight is 338 g/mol. The van der Waals surface area contributed by atoms with Gasteiger partial charge in [0.15, 0.2) is 0 Å². The van der Waals surface area contributed by atoms with E-state index in [4.69, 9.17) is 16.3 Å². The van der Waals surface area contributed by atoms with E-state index in [0.29, 0.717) is 24.3 Å². The van der Waals surface area contributed by atoms with Crippen molar-refractivity contribution in [1.82, 2.24) is 10.3 Å². The molecule has 1 aliphatic heterocycles. The van der Waals surface area contributed by atoms with Crippen molar-refractivity contribution < 1.29 is 14.3 Å². The van der Waals surface area contributed by atoms with E-state index < -0.39 is 12.2 Å². The van der Waals surface area contributed by atoms with Gasteiger partial charge in [-0.25, -0.2) is 9.80 Å². The van der Waals surface area contributed by atoms with Crippen molar-refractivity contribution in [3.8, 4) is 0 Å². The number of ether oxygens (including phenoxy) is 1. The summed E-state index contributed by atoms with van der Waals surface area (Å²) >= 11 is 5.89. The second-order valence-electron chi connectivity index (χ2n) is 5.22. The van der Waals surface area contributed by atoms with Crippen LogP contribution < -0.4 is 5.32 Å². The molecule has 1 unspecified atom stereocenters. The van der Waals surface area contributed by atoms with Crippen LogP contribution >= 0.6 is 11.6 Å². The Kier molecular flexibility index (Phi) is 5.98. The fraction of sp³-hybridized carbons (Fsp3) is 0.438. The molecular weight excluding hydrogens is 318 g/mol. The Morgan fingerprint density at radius 3 is 2.70 bits per heavy atom. The molecule has 0 bridgehead atoms. The van der Waals surface area contributed by atoms with Crippen LogP contribution in [0, 0.1) is 0 Å². The first-order chi connectivity index (χ1) is 11.0. The van der Waals surface area contributed by atoms with Gasteiger partial charge in [-0.1, -0.05) is 30.7 Å². The second kappa shape index (κ2) is 7.97. The number of alkyl carbamates (subject to hydrolysis) is 1. The third-order valence-electron chi connectivity index (χ3n) is 3.59. The molecule has 2 amide bonds. The first-order valence-corrected chi connectivity index (χ1v) is 7.93. The Labute approximate surface area is 140 Å². The van der Waals surface area contributed by atoms with Crippen LogP contribution in [-0.2, 0) is 9.53 Å². The number of rotatable bonds is 5. The van der Waals surface area contributed by atoms with Crippen LogP contribution in [0.1, 0.15) is 31.7 Å². The maximum atomic E-state index is 12.1. The van der Waals surface area contributed by atoms with Crippen LogP contribution in [0.5, 0.6) is 0 Å². The SMILES string of the molecule is CCC(CN1N=C(c2ccc(Cl)cc2)CCC1=O)OC(=O)NC. The van der Waals surface area contributed by atoms with Crippen LogP contribution in [0.4, 0.5) is 4.79 Å². The number of nitrogens with one attached hydrogen (secondary N) is 1. The minimum absolute atomic E-state index is 0.0679. The first-order valence-electron chi connectivity index (χ1n) is 7.55. The molecule has 1 aliphatic rings. The lowest BCUT2D eigenvalue weighted by Crippen LogP contribution is -2.40. The fourth-order valence-corrected chi connectivity index (χ4v) is 2.37. The molecule has 7 heteroatoms. The number of halogens is 1. The molecule has 6 nitrogen and oxygen atoms in total. The monoisotopic (exact) mass is 337 g/mol. The predicted molar refractivity (Wildman–Crippen MR) is 88.6 cm³/mol. The molecule has 1 aromatic rings. The molecule has 0 saturated heterocycles. The van der Waals surface area contributed by atoms with Gasteiger partial charge in [-0.15, -0.1) is 0 Å². The average Bonchev–Trinajstić information content (AvgIpc) is 2.56. The summed E-state index contributed by atoms with van der Waals surface area (Å²) in [7, 11) is 1.50. The molecule has 1 aromatic carbocycles. The van der Waals surface area contributed by atoms with Crippen LogP contribution in [-0.4, -0.2) is 42.4 Å². The van der Waals surface area contributed by atoms with Gasteiger partial charge in [0.2, 0.25) is 5.91 Å². The van der Waals surface area contributed by atoms with E-state index in [1.54, 1.807) is 12.1 Å². The van der Waals surface area contributed by atoms with E-state index >= 15 is 0 Å².